The van der Waals surface area contributed by atoms with Crippen molar-refractivity contribution < 1.29 is 9.72 Å². The first kappa shape index (κ1) is 16.7. The van der Waals surface area contributed by atoms with Crippen molar-refractivity contribution in [2.75, 3.05) is 6.54 Å². The molecule has 0 saturated heterocycles. The van der Waals surface area contributed by atoms with Gasteiger partial charge in [-0.15, -0.1) is 0 Å². The van der Waals surface area contributed by atoms with Gasteiger partial charge in [-0.3, -0.25) is 9.48 Å². The molecule has 2 aromatic heterocycles. The van der Waals surface area contributed by atoms with Gasteiger partial charge in [0.05, 0.1) is 16.9 Å². The van der Waals surface area contributed by atoms with Crippen LogP contribution in [0.1, 0.15) is 31.5 Å². The van der Waals surface area contributed by atoms with Crippen molar-refractivity contribution in [3.05, 3.63) is 40.3 Å². The third-order valence-corrected chi connectivity index (χ3v) is 3.50. The second-order valence-corrected chi connectivity index (χ2v) is 5.18. The van der Waals surface area contributed by atoms with Gasteiger partial charge in [0, 0.05) is 25.5 Å². The minimum atomic E-state index is -0.557. The molecule has 0 bridgehead atoms. The Morgan fingerprint density at radius 3 is 2.87 bits per heavy atom. The summed E-state index contributed by atoms with van der Waals surface area (Å²) in [6, 6.07) is 2.67. The lowest BCUT2D eigenvalue weighted by molar-refractivity contribution is -0.389. The summed E-state index contributed by atoms with van der Waals surface area (Å²) in [5, 5.41) is 21.6. The van der Waals surface area contributed by atoms with Gasteiger partial charge in [0.25, 0.3) is 0 Å². The standard InChI is InChI=1S/C14H20N6O3/c1-3-12(19-11(2)10-13(17-19)20(22)23)14(21)15-6-4-8-18-9-5-7-16-18/h5,7,9-10,12H,3-4,6,8H2,1-2H3,(H,15,21). The van der Waals surface area contributed by atoms with Crippen LogP contribution in [0.3, 0.4) is 0 Å². The molecule has 0 aliphatic carbocycles. The van der Waals surface area contributed by atoms with E-state index < -0.39 is 11.0 Å². The van der Waals surface area contributed by atoms with E-state index in [-0.39, 0.29) is 11.7 Å². The van der Waals surface area contributed by atoms with Crippen LogP contribution in [0.5, 0.6) is 0 Å². The molecule has 0 aliphatic rings. The first-order valence-electron chi connectivity index (χ1n) is 7.48. The number of carbonyl (C=O) groups excluding carboxylic acids is 1. The number of nitrogens with zero attached hydrogens (tertiary/aromatic N) is 5. The molecule has 1 amide bonds. The fourth-order valence-corrected chi connectivity index (χ4v) is 2.35. The van der Waals surface area contributed by atoms with Crippen molar-refractivity contribution >= 4 is 11.7 Å². The van der Waals surface area contributed by atoms with Gasteiger partial charge in [0.2, 0.25) is 5.91 Å². The van der Waals surface area contributed by atoms with E-state index in [1.165, 1.54) is 10.7 Å². The largest absolute Gasteiger partial charge is 0.390 e. The number of rotatable bonds is 8. The van der Waals surface area contributed by atoms with E-state index in [1.807, 2.05) is 19.2 Å². The molecule has 124 valence electrons. The molecule has 0 saturated carbocycles. The number of nitrogens with one attached hydrogen (secondary N) is 1. The molecule has 2 heterocycles. The Kier molecular flexibility index (Phi) is 5.45. The van der Waals surface area contributed by atoms with Crippen LogP contribution in [-0.2, 0) is 11.3 Å². The molecule has 9 nitrogen and oxygen atoms in total. The molecule has 0 spiro atoms. The highest BCUT2D eigenvalue weighted by molar-refractivity contribution is 5.80. The molecular weight excluding hydrogens is 300 g/mol. The fourth-order valence-electron chi connectivity index (χ4n) is 2.35. The summed E-state index contributed by atoms with van der Waals surface area (Å²) in [5.74, 6) is -0.429. The van der Waals surface area contributed by atoms with Crippen molar-refractivity contribution in [1.82, 2.24) is 24.9 Å². The first-order chi connectivity index (χ1) is 11.0. The minimum absolute atomic E-state index is 0.186. The summed E-state index contributed by atoms with van der Waals surface area (Å²) in [4.78, 5) is 22.5. The van der Waals surface area contributed by atoms with Gasteiger partial charge in [-0.2, -0.15) is 9.78 Å². The number of aromatic nitrogens is 4. The van der Waals surface area contributed by atoms with Crippen molar-refractivity contribution in [2.45, 2.75) is 39.3 Å². The van der Waals surface area contributed by atoms with Crippen LogP contribution in [0, 0.1) is 17.0 Å². The predicted octanol–water partition coefficient (Wildman–Crippen LogP) is 1.45. The van der Waals surface area contributed by atoms with Gasteiger partial charge in [-0.25, -0.2) is 0 Å². The van der Waals surface area contributed by atoms with Crippen molar-refractivity contribution in [3.63, 3.8) is 0 Å². The average molecular weight is 320 g/mol. The summed E-state index contributed by atoms with van der Waals surface area (Å²) in [6.07, 6.45) is 4.83. The quantitative estimate of drug-likeness (QED) is 0.450. The van der Waals surface area contributed by atoms with E-state index in [0.29, 0.717) is 18.7 Å². The highest BCUT2D eigenvalue weighted by Gasteiger charge is 2.26. The smallest absolute Gasteiger partial charge is 0.358 e. The summed E-state index contributed by atoms with van der Waals surface area (Å²) in [7, 11) is 0. The minimum Gasteiger partial charge on any atom is -0.358 e. The summed E-state index contributed by atoms with van der Waals surface area (Å²) < 4.78 is 3.21. The molecule has 0 aromatic carbocycles. The van der Waals surface area contributed by atoms with E-state index in [4.69, 9.17) is 0 Å². The molecule has 2 aromatic rings. The summed E-state index contributed by atoms with van der Waals surface area (Å²) >= 11 is 0. The Morgan fingerprint density at radius 1 is 1.52 bits per heavy atom. The van der Waals surface area contributed by atoms with Gasteiger partial charge < -0.3 is 15.4 Å². The molecule has 9 heteroatoms. The van der Waals surface area contributed by atoms with Crippen LogP contribution in [0.4, 0.5) is 5.82 Å². The Labute approximate surface area is 133 Å². The third kappa shape index (κ3) is 4.15. The highest BCUT2D eigenvalue weighted by atomic mass is 16.6. The zero-order valence-corrected chi connectivity index (χ0v) is 13.2. The Bertz CT molecular complexity index is 664. The number of carbonyl (C=O) groups is 1. The Balaban J connectivity index is 1.91. The molecule has 1 N–H and O–H groups in total. The molecule has 2 rings (SSSR count). The lowest BCUT2D eigenvalue weighted by Crippen LogP contribution is -2.34. The van der Waals surface area contributed by atoms with Crippen molar-refractivity contribution in [1.29, 1.82) is 0 Å². The van der Waals surface area contributed by atoms with Gasteiger partial charge in [0.1, 0.15) is 0 Å². The van der Waals surface area contributed by atoms with E-state index in [2.05, 4.69) is 15.5 Å². The molecule has 23 heavy (non-hydrogen) atoms. The third-order valence-electron chi connectivity index (χ3n) is 3.50. The number of amides is 1. The van der Waals surface area contributed by atoms with Gasteiger partial charge in [-0.1, -0.05) is 6.92 Å². The van der Waals surface area contributed by atoms with Crippen molar-refractivity contribution in [2.24, 2.45) is 0 Å². The van der Waals surface area contributed by atoms with E-state index in [0.717, 1.165) is 13.0 Å². The lowest BCUT2D eigenvalue weighted by atomic mass is 10.2. The van der Waals surface area contributed by atoms with Gasteiger partial charge >= 0.3 is 5.82 Å². The average Bonchev–Trinajstić information content (AvgIpc) is 3.15. The Hall–Kier alpha value is -2.71. The number of hydrogen-bond acceptors (Lipinski definition) is 5. The van der Waals surface area contributed by atoms with Crippen LogP contribution in [0.15, 0.2) is 24.5 Å². The maximum absolute atomic E-state index is 12.3. The molecular formula is C14H20N6O3. The highest BCUT2D eigenvalue weighted by Crippen LogP contribution is 2.18. The molecule has 0 aliphatic heterocycles. The number of hydrogen-bond donors (Lipinski definition) is 1. The second-order valence-electron chi connectivity index (χ2n) is 5.18. The van der Waals surface area contributed by atoms with Crippen LogP contribution in [0.25, 0.3) is 0 Å². The number of nitro groups is 1. The molecule has 0 radical (unpaired) electrons. The SMILES string of the molecule is CCC(C(=O)NCCCn1cccn1)n1nc([N+](=O)[O-])cc1C. The number of aryl methyl sites for hydroxylation is 2. The van der Waals surface area contributed by atoms with E-state index in [1.54, 1.807) is 17.8 Å². The topological polar surface area (TPSA) is 108 Å². The zero-order chi connectivity index (χ0) is 16.8. The normalized spacial score (nSPS) is 12.1. The maximum atomic E-state index is 12.3. The maximum Gasteiger partial charge on any atom is 0.390 e. The van der Waals surface area contributed by atoms with Crippen LogP contribution < -0.4 is 5.32 Å². The predicted molar refractivity (Wildman–Crippen MR) is 82.8 cm³/mol. The first-order valence-corrected chi connectivity index (χ1v) is 7.48. The summed E-state index contributed by atoms with van der Waals surface area (Å²) in [6.45, 7) is 4.78. The Morgan fingerprint density at radius 2 is 2.30 bits per heavy atom. The van der Waals surface area contributed by atoms with Crippen LogP contribution >= 0.6 is 0 Å². The molecule has 0 fully saturated rings. The van der Waals surface area contributed by atoms with Crippen molar-refractivity contribution in [3.8, 4) is 0 Å². The molecule has 1 atom stereocenters. The van der Waals surface area contributed by atoms with E-state index in [9.17, 15) is 14.9 Å². The molecule has 1 unspecified atom stereocenters. The van der Waals surface area contributed by atoms with Crippen LogP contribution in [-0.4, -0.2) is 36.9 Å². The van der Waals surface area contributed by atoms with Gasteiger partial charge in [0.15, 0.2) is 6.04 Å². The van der Waals surface area contributed by atoms with E-state index >= 15 is 0 Å². The van der Waals surface area contributed by atoms with Gasteiger partial charge in [-0.05, 0) is 30.8 Å². The fraction of sp³-hybridized carbons (Fsp3) is 0.500. The summed E-state index contributed by atoms with van der Waals surface area (Å²) in [5.41, 5.74) is 0.593. The van der Waals surface area contributed by atoms with Crippen LogP contribution in [0.2, 0.25) is 0 Å². The second kappa shape index (κ2) is 7.52. The zero-order valence-electron chi connectivity index (χ0n) is 13.2. The lowest BCUT2D eigenvalue weighted by Gasteiger charge is -2.14. The monoisotopic (exact) mass is 320 g/mol.